The SMILES string of the molecule is O=C(O)N1CCC[C@H]1c1nc2ccc(-c3cnc(Br)cn3)cc2[nH]1. The van der Waals surface area contributed by atoms with E-state index in [2.05, 4.69) is 35.9 Å². The lowest BCUT2D eigenvalue weighted by molar-refractivity contribution is 0.139. The monoisotopic (exact) mass is 387 g/mol. The zero-order valence-electron chi connectivity index (χ0n) is 12.6. The Hall–Kier alpha value is -2.48. The number of nitrogens with zero attached hydrogens (tertiary/aromatic N) is 4. The first kappa shape index (κ1) is 15.1. The first-order valence-electron chi connectivity index (χ1n) is 7.59. The van der Waals surface area contributed by atoms with Gasteiger partial charge in [-0.15, -0.1) is 0 Å². The highest BCUT2D eigenvalue weighted by atomic mass is 79.9. The molecule has 3 aromatic rings. The molecule has 1 amide bonds. The molecule has 0 bridgehead atoms. The Morgan fingerprint density at radius 3 is 2.96 bits per heavy atom. The van der Waals surface area contributed by atoms with Crippen molar-refractivity contribution in [1.82, 2.24) is 24.8 Å². The van der Waals surface area contributed by atoms with Gasteiger partial charge < -0.3 is 10.1 Å². The number of hydrogen-bond acceptors (Lipinski definition) is 4. The van der Waals surface area contributed by atoms with Crippen molar-refractivity contribution in [2.75, 3.05) is 6.54 Å². The molecule has 0 unspecified atom stereocenters. The summed E-state index contributed by atoms with van der Waals surface area (Å²) in [6, 6.07) is 5.61. The molecule has 8 heteroatoms. The third kappa shape index (κ3) is 2.62. The van der Waals surface area contributed by atoms with Crippen molar-refractivity contribution in [3.8, 4) is 11.3 Å². The van der Waals surface area contributed by atoms with E-state index in [1.165, 1.54) is 4.90 Å². The predicted octanol–water partition coefficient (Wildman–Crippen LogP) is 3.60. The van der Waals surface area contributed by atoms with Crippen molar-refractivity contribution in [3.63, 3.8) is 0 Å². The zero-order valence-corrected chi connectivity index (χ0v) is 14.2. The summed E-state index contributed by atoms with van der Waals surface area (Å²) in [5, 5.41) is 9.30. The van der Waals surface area contributed by atoms with Gasteiger partial charge in [-0.2, -0.15) is 0 Å². The molecule has 0 saturated carbocycles. The highest BCUT2D eigenvalue weighted by Gasteiger charge is 2.31. The second-order valence-electron chi connectivity index (χ2n) is 5.71. The van der Waals surface area contributed by atoms with Crippen molar-refractivity contribution in [2.45, 2.75) is 18.9 Å². The zero-order chi connectivity index (χ0) is 16.7. The van der Waals surface area contributed by atoms with Gasteiger partial charge in [-0.25, -0.2) is 14.8 Å². The first-order valence-corrected chi connectivity index (χ1v) is 8.38. The lowest BCUT2D eigenvalue weighted by atomic mass is 10.1. The maximum absolute atomic E-state index is 11.3. The van der Waals surface area contributed by atoms with Crippen molar-refractivity contribution < 1.29 is 9.90 Å². The van der Waals surface area contributed by atoms with E-state index in [0.29, 0.717) is 17.0 Å². The summed E-state index contributed by atoms with van der Waals surface area (Å²) in [6.45, 7) is 0.552. The first-order chi connectivity index (χ1) is 11.6. The third-order valence-corrected chi connectivity index (χ3v) is 4.64. The minimum Gasteiger partial charge on any atom is -0.465 e. The summed E-state index contributed by atoms with van der Waals surface area (Å²) < 4.78 is 0.686. The molecule has 1 atom stereocenters. The fraction of sp³-hybridized carbons (Fsp3) is 0.250. The fourth-order valence-electron chi connectivity index (χ4n) is 3.09. The van der Waals surface area contributed by atoms with Gasteiger partial charge in [0.2, 0.25) is 0 Å². The number of carbonyl (C=O) groups is 1. The van der Waals surface area contributed by atoms with Crippen LogP contribution in [0.2, 0.25) is 0 Å². The molecule has 4 rings (SSSR count). The van der Waals surface area contributed by atoms with E-state index in [4.69, 9.17) is 0 Å². The number of H-pyrrole nitrogens is 1. The van der Waals surface area contributed by atoms with Gasteiger partial charge in [0.1, 0.15) is 10.4 Å². The summed E-state index contributed by atoms with van der Waals surface area (Å²) in [6.07, 6.45) is 4.10. The average molecular weight is 388 g/mol. The number of imidazole rings is 1. The van der Waals surface area contributed by atoms with E-state index >= 15 is 0 Å². The Balaban J connectivity index is 1.71. The van der Waals surface area contributed by atoms with Crippen molar-refractivity contribution >= 4 is 33.1 Å². The van der Waals surface area contributed by atoms with Gasteiger partial charge in [0.15, 0.2) is 0 Å². The van der Waals surface area contributed by atoms with Crippen LogP contribution in [0.3, 0.4) is 0 Å². The molecular weight excluding hydrogens is 374 g/mol. The van der Waals surface area contributed by atoms with Crippen LogP contribution in [0.25, 0.3) is 22.3 Å². The predicted molar refractivity (Wildman–Crippen MR) is 91.5 cm³/mol. The number of rotatable bonds is 2. The molecule has 2 aromatic heterocycles. The molecular formula is C16H14BrN5O2. The Morgan fingerprint density at radius 2 is 2.21 bits per heavy atom. The van der Waals surface area contributed by atoms with Gasteiger partial charge in [0.25, 0.3) is 0 Å². The largest absolute Gasteiger partial charge is 0.465 e. The number of nitrogens with one attached hydrogen (secondary N) is 1. The number of aromatic nitrogens is 4. The van der Waals surface area contributed by atoms with E-state index in [1.54, 1.807) is 12.4 Å². The maximum atomic E-state index is 11.3. The van der Waals surface area contributed by atoms with Gasteiger partial charge in [-0.3, -0.25) is 9.88 Å². The smallest absolute Gasteiger partial charge is 0.407 e. The molecule has 1 aliphatic heterocycles. The number of halogens is 1. The van der Waals surface area contributed by atoms with Crippen LogP contribution in [0.5, 0.6) is 0 Å². The number of amides is 1. The summed E-state index contributed by atoms with van der Waals surface area (Å²) in [4.78, 5) is 29.2. The highest BCUT2D eigenvalue weighted by Crippen LogP contribution is 2.32. The van der Waals surface area contributed by atoms with Crippen molar-refractivity contribution in [2.24, 2.45) is 0 Å². The highest BCUT2D eigenvalue weighted by molar-refractivity contribution is 9.10. The molecule has 0 aliphatic carbocycles. The van der Waals surface area contributed by atoms with Crippen molar-refractivity contribution in [1.29, 1.82) is 0 Å². The van der Waals surface area contributed by atoms with Crippen molar-refractivity contribution in [3.05, 3.63) is 41.0 Å². The number of likely N-dealkylation sites (tertiary alicyclic amines) is 1. The summed E-state index contributed by atoms with van der Waals surface area (Å²) in [7, 11) is 0. The minimum atomic E-state index is -0.899. The topological polar surface area (TPSA) is 95.0 Å². The molecule has 7 nitrogen and oxygen atoms in total. The molecule has 1 aliphatic rings. The summed E-state index contributed by atoms with van der Waals surface area (Å²) in [5.74, 6) is 0.698. The quantitative estimate of drug-likeness (QED) is 0.700. The second-order valence-corrected chi connectivity index (χ2v) is 6.52. The van der Waals surface area contributed by atoms with E-state index < -0.39 is 6.09 Å². The Morgan fingerprint density at radius 1 is 1.33 bits per heavy atom. The summed E-state index contributed by atoms with van der Waals surface area (Å²) >= 11 is 3.27. The van der Waals surface area contributed by atoms with Crippen LogP contribution in [-0.2, 0) is 0 Å². The minimum absolute atomic E-state index is 0.203. The number of carboxylic acid groups (broad SMARTS) is 1. The molecule has 3 heterocycles. The van der Waals surface area contributed by atoms with Gasteiger partial charge in [-0.05, 0) is 40.9 Å². The van der Waals surface area contributed by atoms with Crippen LogP contribution >= 0.6 is 15.9 Å². The number of aromatic amines is 1. The van der Waals surface area contributed by atoms with Crippen LogP contribution < -0.4 is 0 Å². The molecule has 1 saturated heterocycles. The van der Waals surface area contributed by atoms with E-state index in [9.17, 15) is 9.90 Å². The van der Waals surface area contributed by atoms with E-state index in [1.807, 2.05) is 18.2 Å². The average Bonchev–Trinajstić information content (AvgIpc) is 3.21. The molecule has 1 aromatic carbocycles. The molecule has 2 N–H and O–H groups in total. The normalized spacial score (nSPS) is 17.5. The van der Waals surface area contributed by atoms with Crippen LogP contribution in [0.15, 0.2) is 35.2 Å². The standard InChI is InChI=1S/C16H14BrN5O2/c17-14-8-18-12(7-19-14)9-3-4-10-11(6-9)21-15(20-10)13-2-1-5-22(13)16(23)24/h3-4,6-8,13H,1-2,5H2,(H,20,21)(H,23,24)/t13-/m0/s1. The second kappa shape index (κ2) is 5.86. The van der Waals surface area contributed by atoms with E-state index in [-0.39, 0.29) is 6.04 Å². The maximum Gasteiger partial charge on any atom is 0.407 e. The Labute approximate surface area is 145 Å². The lowest BCUT2D eigenvalue weighted by Crippen LogP contribution is -2.29. The number of hydrogen-bond donors (Lipinski definition) is 2. The molecule has 122 valence electrons. The van der Waals surface area contributed by atoms with E-state index in [0.717, 1.165) is 35.1 Å². The van der Waals surface area contributed by atoms with Gasteiger partial charge in [0, 0.05) is 12.1 Å². The molecule has 0 radical (unpaired) electrons. The van der Waals surface area contributed by atoms with Crippen LogP contribution in [0, 0.1) is 0 Å². The summed E-state index contributed by atoms with van der Waals surface area (Å²) in [5.41, 5.74) is 3.38. The van der Waals surface area contributed by atoms with Crippen LogP contribution in [0.1, 0.15) is 24.7 Å². The Bertz CT molecular complexity index is 908. The molecule has 0 spiro atoms. The number of fused-ring (bicyclic) bond motifs is 1. The van der Waals surface area contributed by atoms with Crippen LogP contribution in [-0.4, -0.2) is 42.6 Å². The fourth-order valence-corrected chi connectivity index (χ4v) is 3.29. The van der Waals surface area contributed by atoms with Gasteiger partial charge >= 0.3 is 6.09 Å². The lowest BCUT2D eigenvalue weighted by Gasteiger charge is -2.19. The van der Waals surface area contributed by atoms with Crippen LogP contribution in [0.4, 0.5) is 4.79 Å². The molecule has 24 heavy (non-hydrogen) atoms. The number of benzene rings is 1. The third-order valence-electron chi connectivity index (χ3n) is 4.23. The van der Waals surface area contributed by atoms with Gasteiger partial charge in [-0.1, -0.05) is 6.07 Å². The van der Waals surface area contributed by atoms with Gasteiger partial charge in [0.05, 0.1) is 35.2 Å². The Kier molecular flexibility index (Phi) is 3.68. The molecule has 1 fully saturated rings.